The van der Waals surface area contributed by atoms with E-state index in [0.717, 1.165) is 22.3 Å². The molecule has 0 N–H and O–H groups in total. The van der Waals surface area contributed by atoms with E-state index in [4.69, 9.17) is 28.4 Å². The summed E-state index contributed by atoms with van der Waals surface area (Å²) in [6.45, 7) is 2.87. The van der Waals surface area contributed by atoms with Gasteiger partial charge in [-0.2, -0.15) is 0 Å². The lowest BCUT2D eigenvalue weighted by Crippen LogP contribution is -2.62. The van der Waals surface area contributed by atoms with Gasteiger partial charge in [0.25, 0.3) is 0 Å². The van der Waals surface area contributed by atoms with Gasteiger partial charge >= 0.3 is 5.97 Å². The standard InChI is InChI=1S/C36H38O7/c1-27(37)42-36-35(41-25-31-20-12-5-13-21-31)34(40-24-30-18-10-4-11-19-30)33(39-23-29-16-8-3-9-17-29)32(43-36)26-38-22-28-14-6-2-7-15-28/h2-21,32-36H,22-26H2,1H3/t32-,33+,34-,35+,36-/m0/s1. The van der Waals surface area contributed by atoms with Crippen LogP contribution in [-0.2, 0) is 59.6 Å². The normalized spacial score (nSPS) is 21.7. The molecule has 224 valence electrons. The van der Waals surface area contributed by atoms with Crippen molar-refractivity contribution in [2.45, 2.75) is 64.1 Å². The molecular weight excluding hydrogens is 544 g/mol. The quantitative estimate of drug-likeness (QED) is 0.163. The Morgan fingerprint density at radius 2 is 0.953 bits per heavy atom. The molecule has 4 aromatic carbocycles. The summed E-state index contributed by atoms with van der Waals surface area (Å²) in [5, 5.41) is 0. The van der Waals surface area contributed by atoms with Crippen molar-refractivity contribution in [2.24, 2.45) is 0 Å². The molecule has 7 heteroatoms. The lowest BCUT2D eigenvalue weighted by atomic mass is 9.97. The molecule has 43 heavy (non-hydrogen) atoms. The van der Waals surface area contributed by atoms with Gasteiger partial charge < -0.3 is 28.4 Å². The van der Waals surface area contributed by atoms with Gasteiger partial charge in [0.1, 0.15) is 24.4 Å². The summed E-state index contributed by atoms with van der Waals surface area (Å²) in [7, 11) is 0. The van der Waals surface area contributed by atoms with Crippen LogP contribution in [0.25, 0.3) is 0 Å². The van der Waals surface area contributed by atoms with E-state index in [1.807, 2.05) is 121 Å². The van der Waals surface area contributed by atoms with Crippen LogP contribution in [0.4, 0.5) is 0 Å². The summed E-state index contributed by atoms with van der Waals surface area (Å²) in [5.74, 6) is -0.479. The van der Waals surface area contributed by atoms with Crippen LogP contribution in [0, 0.1) is 0 Å². The molecule has 5 rings (SSSR count). The van der Waals surface area contributed by atoms with E-state index in [1.165, 1.54) is 6.92 Å². The number of ether oxygens (including phenoxy) is 6. The fraction of sp³-hybridized carbons (Fsp3) is 0.306. The minimum Gasteiger partial charge on any atom is -0.433 e. The van der Waals surface area contributed by atoms with E-state index in [1.54, 1.807) is 0 Å². The highest BCUT2D eigenvalue weighted by Crippen LogP contribution is 2.31. The molecule has 0 bridgehead atoms. The zero-order valence-corrected chi connectivity index (χ0v) is 24.3. The second-order valence-electron chi connectivity index (χ2n) is 10.4. The Bertz CT molecular complexity index is 1350. The number of esters is 1. The third-order valence-electron chi connectivity index (χ3n) is 7.12. The topological polar surface area (TPSA) is 72.5 Å². The Kier molecular flexibility index (Phi) is 11.5. The van der Waals surface area contributed by atoms with Crippen molar-refractivity contribution >= 4 is 5.97 Å². The van der Waals surface area contributed by atoms with Crippen LogP contribution in [0.5, 0.6) is 0 Å². The van der Waals surface area contributed by atoms with Crippen LogP contribution < -0.4 is 0 Å². The maximum Gasteiger partial charge on any atom is 0.305 e. The highest BCUT2D eigenvalue weighted by Gasteiger charge is 2.50. The van der Waals surface area contributed by atoms with Crippen LogP contribution in [0.2, 0.25) is 0 Å². The van der Waals surface area contributed by atoms with E-state index in [2.05, 4.69) is 0 Å². The number of rotatable bonds is 14. The first-order valence-electron chi connectivity index (χ1n) is 14.6. The van der Waals surface area contributed by atoms with Gasteiger partial charge in [0.05, 0.1) is 33.0 Å². The van der Waals surface area contributed by atoms with Crippen molar-refractivity contribution in [1.82, 2.24) is 0 Å². The molecular formula is C36H38O7. The number of carbonyl (C=O) groups excluding carboxylic acids is 1. The van der Waals surface area contributed by atoms with E-state index in [-0.39, 0.29) is 13.2 Å². The summed E-state index contributed by atoms with van der Waals surface area (Å²) < 4.78 is 37.9. The van der Waals surface area contributed by atoms with Gasteiger partial charge in [0.15, 0.2) is 0 Å². The minimum atomic E-state index is -1.02. The zero-order valence-electron chi connectivity index (χ0n) is 24.3. The molecule has 1 aliphatic rings. The Morgan fingerprint density at radius 3 is 1.40 bits per heavy atom. The Balaban J connectivity index is 1.42. The molecule has 1 heterocycles. The fourth-order valence-corrected chi connectivity index (χ4v) is 5.01. The maximum atomic E-state index is 12.3. The van der Waals surface area contributed by atoms with Gasteiger partial charge in [-0.05, 0) is 22.3 Å². The SMILES string of the molecule is CC(=O)O[C@H]1O[C@@H](COCc2ccccc2)[C@@H](OCc2ccccc2)[C@H](OCc2ccccc2)[C@H]1OCc1ccccc1. The van der Waals surface area contributed by atoms with Gasteiger partial charge in [0.2, 0.25) is 6.29 Å². The number of hydrogen-bond acceptors (Lipinski definition) is 7. The lowest BCUT2D eigenvalue weighted by molar-refractivity contribution is -0.320. The van der Waals surface area contributed by atoms with Crippen LogP contribution in [0.3, 0.4) is 0 Å². The predicted molar refractivity (Wildman–Crippen MR) is 162 cm³/mol. The van der Waals surface area contributed by atoms with Crippen molar-refractivity contribution in [3.63, 3.8) is 0 Å². The van der Waals surface area contributed by atoms with E-state index >= 15 is 0 Å². The highest BCUT2D eigenvalue weighted by atomic mass is 16.7. The van der Waals surface area contributed by atoms with Crippen molar-refractivity contribution in [3.05, 3.63) is 144 Å². The molecule has 1 aliphatic heterocycles. The third kappa shape index (κ3) is 9.32. The van der Waals surface area contributed by atoms with E-state index in [9.17, 15) is 4.79 Å². The number of benzene rings is 4. The monoisotopic (exact) mass is 582 g/mol. The number of hydrogen-bond donors (Lipinski definition) is 0. The van der Waals surface area contributed by atoms with Crippen molar-refractivity contribution in [2.75, 3.05) is 6.61 Å². The Hall–Kier alpha value is -3.85. The maximum absolute atomic E-state index is 12.3. The van der Waals surface area contributed by atoms with E-state index < -0.39 is 36.7 Å². The Labute approximate surface area is 253 Å². The van der Waals surface area contributed by atoms with Gasteiger partial charge in [-0.1, -0.05) is 121 Å². The van der Waals surface area contributed by atoms with Gasteiger partial charge in [-0.3, -0.25) is 4.79 Å². The second kappa shape index (κ2) is 16.1. The first kappa shape index (κ1) is 30.6. The average Bonchev–Trinajstić information content (AvgIpc) is 3.04. The highest BCUT2D eigenvalue weighted by molar-refractivity contribution is 5.66. The summed E-state index contributed by atoms with van der Waals surface area (Å²) in [4.78, 5) is 12.3. The van der Waals surface area contributed by atoms with E-state index in [0.29, 0.717) is 19.8 Å². The van der Waals surface area contributed by atoms with Crippen LogP contribution in [0.1, 0.15) is 29.2 Å². The minimum absolute atomic E-state index is 0.197. The summed E-state index contributed by atoms with van der Waals surface area (Å²) in [5.41, 5.74) is 4.02. The molecule has 0 amide bonds. The fourth-order valence-electron chi connectivity index (χ4n) is 5.01. The molecule has 0 radical (unpaired) electrons. The molecule has 1 fully saturated rings. The molecule has 5 atom stereocenters. The summed E-state index contributed by atoms with van der Waals surface area (Å²) in [6, 6.07) is 39.6. The summed E-state index contributed by atoms with van der Waals surface area (Å²) >= 11 is 0. The third-order valence-corrected chi connectivity index (χ3v) is 7.12. The average molecular weight is 583 g/mol. The second-order valence-corrected chi connectivity index (χ2v) is 10.4. The molecule has 0 aliphatic carbocycles. The van der Waals surface area contributed by atoms with Gasteiger partial charge in [-0.15, -0.1) is 0 Å². The first-order chi connectivity index (χ1) is 21.2. The van der Waals surface area contributed by atoms with Crippen molar-refractivity contribution in [1.29, 1.82) is 0 Å². The van der Waals surface area contributed by atoms with Crippen LogP contribution >= 0.6 is 0 Å². The molecule has 7 nitrogen and oxygen atoms in total. The zero-order chi connectivity index (χ0) is 29.7. The molecule has 4 aromatic rings. The van der Waals surface area contributed by atoms with Crippen molar-refractivity contribution < 1.29 is 33.2 Å². The van der Waals surface area contributed by atoms with Crippen LogP contribution in [0.15, 0.2) is 121 Å². The lowest BCUT2D eigenvalue weighted by Gasteiger charge is -2.45. The molecule has 0 saturated carbocycles. The summed E-state index contributed by atoms with van der Waals surface area (Å²) in [6.07, 6.45) is -3.62. The smallest absolute Gasteiger partial charge is 0.305 e. The first-order valence-corrected chi connectivity index (χ1v) is 14.6. The van der Waals surface area contributed by atoms with Crippen molar-refractivity contribution in [3.8, 4) is 0 Å². The van der Waals surface area contributed by atoms with Gasteiger partial charge in [0, 0.05) is 6.92 Å². The molecule has 0 unspecified atom stereocenters. The predicted octanol–water partition coefficient (Wildman–Crippen LogP) is 6.25. The Morgan fingerprint density at radius 1 is 0.558 bits per heavy atom. The van der Waals surface area contributed by atoms with Gasteiger partial charge in [-0.25, -0.2) is 0 Å². The molecule has 1 saturated heterocycles. The van der Waals surface area contributed by atoms with Crippen LogP contribution in [-0.4, -0.2) is 43.3 Å². The largest absolute Gasteiger partial charge is 0.433 e. The molecule has 0 spiro atoms. The molecule has 0 aromatic heterocycles. The number of carbonyl (C=O) groups is 1.